The van der Waals surface area contributed by atoms with Gasteiger partial charge < -0.3 is 4.74 Å². The van der Waals surface area contributed by atoms with Gasteiger partial charge in [0.15, 0.2) is 9.84 Å². The van der Waals surface area contributed by atoms with Crippen LogP contribution in [0.2, 0.25) is 5.02 Å². The molecule has 6 heteroatoms. The first-order valence-corrected chi connectivity index (χ1v) is 8.39. The smallest absolute Gasteiger partial charge is 0.155 e. The van der Waals surface area contributed by atoms with Crippen molar-refractivity contribution in [2.75, 3.05) is 19.5 Å². The minimum absolute atomic E-state index is 0.0227. The molecular formula is C14H16ClNO3S. The van der Waals surface area contributed by atoms with E-state index in [0.29, 0.717) is 5.02 Å². The van der Waals surface area contributed by atoms with E-state index in [-0.39, 0.29) is 18.3 Å². The van der Waals surface area contributed by atoms with Gasteiger partial charge >= 0.3 is 0 Å². The van der Waals surface area contributed by atoms with Crippen molar-refractivity contribution in [1.29, 1.82) is 5.26 Å². The second kappa shape index (κ2) is 5.36. The van der Waals surface area contributed by atoms with Gasteiger partial charge in [0.2, 0.25) is 0 Å². The molecule has 1 aromatic carbocycles. The lowest BCUT2D eigenvalue weighted by atomic mass is 10.0. The highest BCUT2D eigenvalue weighted by Crippen LogP contribution is 2.62. The fraction of sp³-hybridized carbons (Fsp3) is 0.500. The topological polar surface area (TPSA) is 67.2 Å². The maximum absolute atomic E-state index is 12.2. The summed E-state index contributed by atoms with van der Waals surface area (Å²) in [5.74, 6) is -0.329. The molecule has 1 aromatic rings. The van der Waals surface area contributed by atoms with Gasteiger partial charge in [0.1, 0.15) is 5.41 Å². The third kappa shape index (κ3) is 2.32. The highest BCUT2D eigenvalue weighted by atomic mass is 35.5. The van der Waals surface area contributed by atoms with Crippen molar-refractivity contribution in [3.63, 3.8) is 0 Å². The third-order valence-electron chi connectivity index (χ3n) is 3.87. The van der Waals surface area contributed by atoms with Gasteiger partial charge in [-0.3, -0.25) is 0 Å². The summed E-state index contributed by atoms with van der Waals surface area (Å²) in [7, 11) is -1.83. The van der Waals surface area contributed by atoms with Crippen LogP contribution in [0.1, 0.15) is 18.4 Å². The molecule has 2 rings (SSSR count). The lowest BCUT2D eigenvalue weighted by Gasteiger charge is -2.07. The van der Waals surface area contributed by atoms with Crippen molar-refractivity contribution < 1.29 is 13.2 Å². The van der Waals surface area contributed by atoms with Crippen LogP contribution in [0, 0.1) is 16.7 Å². The maximum Gasteiger partial charge on any atom is 0.155 e. The molecular weight excluding hydrogens is 298 g/mol. The summed E-state index contributed by atoms with van der Waals surface area (Å²) in [6.07, 6.45) is 0. The van der Waals surface area contributed by atoms with Gasteiger partial charge in [-0.1, -0.05) is 30.7 Å². The van der Waals surface area contributed by atoms with Crippen LogP contribution < -0.4 is 0 Å². The molecule has 0 bridgehead atoms. The molecule has 1 aliphatic rings. The van der Waals surface area contributed by atoms with Crippen LogP contribution in [-0.2, 0) is 14.6 Å². The minimum Gasteiger partial charge on any atom is -0.383 e. The van der Waals surface area contributed by atoms with Crippen molar-refractivity contribution in [2.24, 2.45) is 5.41 Å². The molecule has 0 amide bonds. The molecule has 1 aliphatic carbocycles. The number of nitriles is 1. The van der Waals surface area contributed by atoms with E-state index in [2.05, 4.69) is 6.07 Å². The van der Waals surface area contributed by atoms with E-state index in [1.54, 1.807) is 31.2 Å². The van der Waals surface area contributed by atoms with E-state index in [1.807, 2.05) is 0 Å². The number of nitrogens with zero attached hydrogens (tertiary/aromatic N) is 1. The van der Waals surface area contributed by atoms with Crippen LogP contribution in [0.25, 0.3) is 0 Å². The molecule has 108 valence electrons. The van der Waals surface area contributed by atoms with Gasteiger partial charge in [-0.05, 0) is 17.7 Å². The predicted octanol–water partition coefficient (Wildman–Crippen LogP) is 2.40. The van der Waals surface area contributed by atoms with Crippen molar-refractivity contribution in [1.82, 2.24) is 0 Å². The standard InChI is InChI=1S/C14H16ClNO3S/c1-3-20(17,18)13-12(14(13,8-16)9-19-2)10-4-6-11(15)7-5-10/h4-7,12-13H,3,9H2,1-2H3/t12-,13-,14-/m1/s1. The number of ether oxygens (including phenoxy) is 1. The molecule has 1 fully saturated rings. The number of hydrogen-bond acceptors (Lipinski definition) is 4. The molecule has 0 heterocycles. The van der Waals surface area contributed by atoms with E-state index in [9.17, 15) is 13.7 Å². The van der Waals surface area contributed by atoms with Crippen molar-refractivity contribution in [2.45, 2.75) is 18.1 Å². The summed E-state index contributed by atoms with van der Waals surface area (Å²) >= 11 is 5.85. The second-order valence-electron chi connectivity index (χ2n) is 4.99. The SMILES string of the molecule is CCS(=O)(=O)[C@@H]1[C@@H](c2ccc(Cl)cc2)[C@@]1(C#N)COC. The third-order valence-corrected chi connectivity index (χ3v) is 6.39. The molecule has 20 heavy (non-hydrogen) atoms. The molecule has 0 spiro atoms. The van der Waals surface area contributed by atoms with Crippen LogP contribution >= 0.6 is 11.6 Å². The van der Waals surface area contributed by atoms with E-state index >= 15 is 0 Å². The van der Waals surface area contributed by atoms with Crippen molar-refractivity contribution >= 4 is 21.4 Å². The highest BCUT2D eigenvalue weighted by molar-refractivity contribution is 7.92. The van der Waals surface area contributed by atoms with Gasteiger partial charge in [-0.2, -0.15) is 5.26 Å². The summed E-state index contributed by atoms with van der Waals surface area (Å²) in [5.41, 5.74) is -0.174. The minimum atomic E-state index is -3.31. The van der Waals surface area contributed by atoms with E-state index in [4.69, 9.17) is 16.3 Å². The maximum atomic E-state index is 12.2. The first-order chi connectivity index (χ1) is 9.43. The predicted molar refractivity (Wildman–Crippen MR) is 77.4 cm³/mol. The molecule has 0 unspecified atom stereocenters. The zero-order valence-electron chi connectivity index (χ0n) is 11.3. The fourth-order valence-electron chi connectivity index (χ4n) is 2.83. The summed E-state index contributed by atoms with van der Waals surface area (Å²) in [5, 5.41) is 9.36. The number of hydrogen-bond donors (Lipinski definition) is 0. The quantitative estimate of drug-likeness (QED) is 0.837. The summed E-state index contributed by atoms with van der Waals surface area (Å²) < 4.78 is 29.6. The Morgan fingerprint density at radius 1 is 1.40 bits per heavy atom. The number of sulfone groups is 1. The average molecular weight is 314 g/mol. The zero-order chi connectivity index (χ0) is 15.0. The molecule has 4 nitrogen and oxygen atoms in total. The molecule has 0 radical (unpaired) electrons. The Labute approximate surface area is 124 Å². The number of methoxy groups -OCH3 is 1. The molecule has 0 saturated heterocycles. The van der Waals surface area contributed by atoms with E-state index < -0.39 is 20.5 Å². The Morgan fingerprint density at radius 3 is 2.45 bits per heavy atom. The van der Waals surface area contributed by atoms with Crippen LogP contribution in [0.4, 0.5) is 0 Å². The van der Waals surface area contributed by atoms with Crippen molar-refractivity contribution in [3.8, 4) is 6.07 Å². The second-order valence-corrected chi connectivity index (χ2v) is 7.83. The number of benzene rings is 1. The van der Waals surface area contributed by atoms with Gasteiger partial charge in [-0.15, -0.1) is 0 Å². The Bertz CT molecular complexity index is 635. The first kappa shape index (κ1) is 15.3. The Kier molecular flexibility index (Phi) is 4.10. The lowest BCUT2D eigenvalue weighted by molar-refractivity contribution is 0.162. The van der Waals surface area contributed by atoms with Crippen LogP contribution in [-0.4, -0.2) is 33.1 Å². The molecule has 0 aliphatic heterocycles. The van der Waals surface area contributed by atoms with Gasteiger partial charge in [0.25, 0.3) is 0 Å². The van der Waals surface area contributed by atoms with Crippen LogP contribution in [0.3, 0.4) is 0 Å². The normalized spacial score (nSPS) is 28.9. The summed E-state index contributed by atoms with van der Waals surface area (Å²) in [6, 6.07) is 9.14. The Hall–Kier alpha value is -1.09. The summed E-state index contributed by atoms with van der Waals surface area (Å²) in [4.78, 5) is 0. The Morgan fingerprint density at radius 2 is 2.00 bits per heavy atom. The zero-order valence-corrected chi connectivity index (χ0v) is 12.9. The highest BCUT2D eigenvalue weighted by Gasteiger charge is 2.71. The van der Waals surface area contributed by atoms with Crippen LogP contribution in [0.15, 0.2) is 24.3 Å². The molecule has 1 saturated carbocycles. The number of rotatable bonds is 5. The average Bonchev–Trinajstić information content (AvgIpc) is 3.10. The van der Waals surface area contributed by atoms with Crippen LogP contribution in [0.5, 0.6) is 0 Å². The monoisotopic (exact) mass is 313 g/mol. The van der Waals surface area contributed by atoms with Crippen molar-refractivity contribution in [3.05, 3.63) is 34.9 Å². The van der Waals surface area contributed by atoms with Gasteiger partial charge in [-0.25, -0.2) is 8.42 Å². The van der Waals surface area contributed by atoms with E-state index in [0.717, 1.165) is 5.56 Å². The largest absolute Gasteiger partial charge is 0.383 e. The molecule has 0 aromatic heterocycles. The Balaban J connectivity index is 2.45. The molecule has 3 atom stereocenters. The van der Waals surface area contributed by atoms with E-state index in [1.165, 1.54) is 7.11 Å². The number of halogens is 1. The fourth-order valence-corrected chi connectivity index (χ4v) is 4.96. The first-order valence-electron chi connectivity index (χ1n) is 6.30. The van der Waals surface area contributed by atoms with Gasteiger partial charge in [0.05, 0.1) is 17.9 Å². The lowest BCUT2D eigenvalue weighted by Crippen LogP contribution is -2.20. The summed E-state index contributed by atoms with van der Waals surface area (Å²) in [6.45, 7) is 1.71. The molecule has 0 N–H and O–H groups in total. The van der Waals surface area contributed by atoms with Gasteiger partial charge in [0, 0.05) is 23.8 Å².